The van der Waals surface area contributed by atoms with E-state index in [0.717, 1.165) is 16.3 Å². The summed E-state index contributed by atoms with van der Waals surface area (Å²) in [5.41, 5.74) is 2.34. The van der Waals surface area contributed by atoms with Gasteiger partial charge >= 0.3 is 5.97 Å². The molecular formula is C18H17N3O3S2. The van der Waals surface area contributed by atoms with Gasteiger partial charge in [0.15, 0.2) is 5.13 Å². The van der Waals surface area contributed by atoms with Crippen LogP contribution < -0.4 is 5.32 Å². The van der Waals surface area contributed by atoms with Crippen molar-refractivity contribution in [3.63, 3.8) is 0 Å². The number of rotatable bonds is 7. The van der Waals surface area contributed by atoms with E-state index in [0.29, 0.717) is 17.4 Å². The zero-order chi connectivity index (χ0) is 18.4. The molecule has 3 aromatic rings. The first kappa shape index (κ1) is 18.2. The molecule has 1 aromatic carbocycles. The molecule has 1 amide bonds. The van der Waals surface area contributed by atoms with Crippen LogP contribution in [0.1, 0.15) is 18.3 Å². The number of carbonyl (C=O) groups is 2. The number of amides is 1. The number of thiazole rings is 2. The highest BCUT2D eigenvalue weighted by molar-refractivity contribution is 7.14. The van der Waals surface area contributed by atoms with Crippen LogP contribution in [0.25, 0.3) is 10.6 Å². The van der Waals surface area contributed by atoms with Gasteiger partial charge in [0.05, 0.1) is 30.8 Å². The molecule has 134 valence electrons. The van der Waals surface area contributed by atoms with Crippen molar-refractivity contribution in [2.75, 3.05) is 11.9 Å². The molecule has 0 atom stereocenters. The van der Waals surface area contributed by atoms with E-state index in [1.807, 2.05) is 35.7 Å². The highest BCUT2D eigenvalue weighted by Crippen LogP contribution is 2.23. The van der Waals surface area contributed by atoms with Gasteiger partial charge in [0, 0.05) is 16.3 Å². The van der Waals surface area contributed by atoms with Crippen LogP contribution >= 0.6 is 22.7 Å². The number of esters is 1. The minimum Gasteiger partial charge on any atom is -0.466 e. The number of hydrogen-bond acceptors (Lipinski definition) is 7. The molecule has 2 aromatic heterocycles. The molecule has 0 aliphatic heterocycles. The fourth-order valence-corrected chi connectivity index (χ4v) is 3.79. The van der Waals surface area contributed by atoms with Gasteiger partial charge in [-0.05, 0) is 6.92 Å². The van der Waals surface area contributed by atoms with E-state index in [4.69, 9.17) is 4.74 Å². The van der Waals surface area contributed by atoms with Gasteiger partial charge in [-0.2, -0.15) is 0 Å². The minimum absolute atomic E-state index is 0.104. The number of anilines is 1. The molecule has 3 rings (SSSR count). The number of hydrogen-bond donors (Lipinski definition) is 1. The molecular weight excluding hydrogens is 370 g/mol. The number of nitrogens with one attached hydrogen (secondary N) is 1. The fraction of sp³-hybridized carbons (Fsp3) is 0.222. The van der Waals surface area contributed by atoms with Gasteiger partial charge in [0.1, 0.15) is 5.01 Å². The summed E-state index contributed by atoms with van der Waals surface area (Å²) in [6.45, 7) is 2.09. The third-order valence-corrected chi connectivity index (χ3v) is 5.09. The maximum atomic E-state index is 12.2. The number of nitrogens with zero attached hydrogens (tertiary/aromatic N) is 2. The fourth-order valence-electron chi connectivity index (χ4n) is 2.23. The summed E-state index contributed by atoms with van der Waals surface area (Å²) >= 11 is 2.79. The highest BCUT2D eigenvalue weighted by Gasteiger charge is 2.12. The van der Waals surface area contributed by atoms with Gasteiger partial charge in [-0.1, -0.05) is 30.3 Å². The molecule has 8 heteroatoms. The van der Waals surface area contributed by atoms with Crippen molar-refractivity contribution in [3.8, 4) is 10.6 Å². The van der Waals surface area contributed by atoms with E-state index in [9.17, 15) is 9.59 Å². The molecule has 0 aliphatic rings. The molecule has 0 spiro atoms. The zero-order valence-electron chi connectivity index (χ0n) is 14.1. The van der Waals surface area contributed by atoms with Crippen molar-refractivity contribution in [3.05, 3.63) is 52.5 Å². The largest absolute Gasteiger partial charge is 0.466 e. The summed E-state index contributed by atoms with van der Waals surface area (Å²) in [5.74, 6) is -0.515. The second kappa shape index (κ2) is 8.68. The van der Waals surface area contributed by atoms with Crippen LogP contribution in [0, 0.1) is 0 Å². The standard InChI is InChI=1S/C18H17N3O3S2/c1-2-24-16(23)9-14-11-26-18(20-14)21-15(22)8-13-10-25-17(19-13)12-6-4-3-5-7-12/h3-7,10-11H,2,8-9H2,1H3,(H,20,21,22). The van der Waals surface area contributed by atoms with Crippen molar-refractivity contribution in [2.24, 2.45) is 0 Å². The average molecular weight is 387 g/mol. The third kappa shape index (κ3) is 4.96. The van der Waals surface area contributed by atoms with Gasteiger partial charge in [-0.15, -0.1) is 22.7 Å². The van der Waals surface area contributed by atoms with Crippen molar-refractivity contribution in [1.82, 2.24) is 9.97 Å². The number of benzene rings is 1. The molecule has 0 bridgehead atoms. The lowest BCUT2D eigenvalue weighted by atomic mass is 10.2. The highest BCUT2D eigenvalue weighted by atomic mass is 32.1. The van der Waals surface area contributed by atoms with Gasteiger partial charge in [0.2, 0.25) is 5.91 Å². The average Bonchev–Trinajstić information content (AvgIpc) is 3.25. The molecule has 0 radical (unpaired) electrons. The van der Waals surface area contributed by atoms with Crippen LogP contribution in [0.15, 0.2) is 41.1 Å². The number of ether oxygens (including phenoxy) is 1. The molecule has 0 fully saturated rings. The Hall–Kier alpha value is -2.58. The van der Waals surface area contributed by atoms with E-state index in [1.165, 1.54) is 22.7 Å². The second-order valence-corrected chi connectivity index (χ2v) is 7.08. The molecule has 0 saturated heterocycles. The first-order chi connectivity index (χ1) is 12.6. The quantitative estimate of drug-likeness (QED) is 0.627. The maximum absolute atomic E-state index is 12.2. The van der Waals surface area contributed by atoms with Crippen molar-refractivity contribution in [2.45, 2.75) is 19.8 Å². The van der Waals surface area contributed by atoms with Crippen LogP contribution in [0.5, 0.6) is 0 Å². The summed E-state index contributed by atoms with van der Waals surface area (Å²) in [5, 5.41) is 7.72. The van der Waals surface area contributed by atoms with Crippen LogP contribution in [0.4, 0.5) is 5.13 Å². The maximum Gasteiger partial charge on any atom is 0.311 e. The Labute approximate surface area is 158 Å². The summed E-state index contributed by atoms with van der Waals surface area (Å²) in [7, 11) is 0. The Morgan fingerprint density at radius 1 is 1.04 bits per heavy atom. The Kier molecular flexibility index (Phi) is 6.08. The lowest BCUT2D eigenvalue weighted by Gasteiger charge is -2.00. The third-order valence-electron chi connectivity index (χ3n) is 3.34. The Balaban J connectivity index is 1.55. The summed E-state index contributed by atoms with van der Waals surface area (Å²) in [4.78, 5) is 32.4. The SMILES string of the molecule is CCOC(=O)Cc1csc(NC(=O)Cc2csc(-c3ccccc3)n2)n1. The van der Waals surface area contributed by atoms with E-state index in [-0.39, 0.29) is 24.7 Å². The van der Waals surface area contributed by atoms with Crippen LogP contribution in [-0.4, -0.2) is 28.5 Å². The van der Waals surface area contributed by atoms with Crippen molar-refractivity contribution >= 4 is 39.7 Å². The second-order valence-electron chi connectivity index (χ2n) is 5.36. The van der Waals surface area contributed by atoms with E-state index >= 15 is 0 Å². The first-order valence-electron chi connectivity index (χ1n) is 8.03. The molecule has 2 heterocycles. The van der Waals surface area contributed by atoms with E-state index in [2.05, 4.69) is 15.3 Å². The van der Waals surface area contributed by atoms with Crippen LogP contribution in [0.2, 0.25) is 0 Å². The zero-order valence-corrected chi connectivity index (χ0v) is 15.7. The minimum atomic E-state index is -0.327. The molecule has 0 unspecified atom stereocenters. The lowest BCUT2D eigenvalue weighted by molar-refractivity contribution is -0.142. The number of aromatic nitrogens is 2. The monoisotopic (exact) mass is 387 g/mol. The number of carbonyl (C=O) groups excluding carboxylic acids is 2. The van der Waals surface area contributed by atoms with Gasteiger partial charge in [-0.3, -0.25) is 9.59 Å². The van der Waals surface area contributed by atoms with Crippen molar-refractivity contribution in [1.29, 1.82) is 0 Å². The predicted molar refractivity (Wildman–Crippen MR) is 102 cm³/mol. The first-order valence-corrected chi connectivity index (χ1v) is 9.79. The van der Waals surface area contributed by atoms with E-state index in [1.54, 1.807) is 12.3 Å². The van der Waals surface area contributed by atoms with E-state index < -0.39 is 0 Å². The molecule has 0 aliphatic carbocycles. The lowest BCUT2D eigenvalue weighted by Crippen LogP contribution is -2.14. The summed E-state index contributed by atoms with van der Waals surface area (Å²) in [6.07, 6.45) is 0.281. The van der Waals surface area contributed by atoms with Crippen molar-refractivity contribution < 1.29 is 14.3 Å². The molecule has 26 heavy (non-hydrogen) atoms. The smallest absolute Gasteiger partial charge is 0.311 e. The van der Waals surface area contributed by atoms with Gasteiger partial charge in [-0.25, -0.2) is 9.97 Å². The Morgan fingerprint density at radius 2 is 1.77 bits per heavy atom. The molecule has 1 N–H and O–H groups in total. The Bertz CT molecular complexity index is 890. The summed E-state index contributed by atoms with van der Waals surface area (Å²) in [6, 6.07) is 9.85. The van der Waals surface area contributed by atoms with Gasteiger partial charge < -0.3 is 10.1 Å². The Morgan fingerprint density at radius 3 is 2.54 bits per heavy atom. The van der Waals surface area contributed by atoms with Gasteiger partial charge in [0.25, 0.3) is 0 Å². The van der Waals surface area contributed by atoms with Crippen LogP contribution in [-0.2, 0) is 27.2 Å². The normalized spacial score (nSPS) is 10.5. The molecule has 6 nitrogen and oxygen atoms in total. The molecule has 0 saturated carbocycles. The topological polar surface area (TPSA) is 81.2 Å². The van der Waals surface area contributed by atoms with Crippen LogP contribution in [0.3, 0.4) is 0 Å². The summed E-state index contributed by atoms with van der Waals surface area (Å²) < 4.78 is 4.89. The predicted octanol–water partition coefficient (Wildman–Crippen LogP) is 3.55.